The Morgan fingerprint density at radius 2 is 2.18 bits per heavy atom. The van der Waals surface area contributed by atoms with Crippen LogP contribution in [-0.4, -0.2) is 30.7 Å². The van der Waals surface area contributed by atoms with Crippen molar-refractivity contribution in [3.8, 4) is 0 Å². The van der Waals surface area contributed by atoms with Crippen molar-refractivity contribution in [3.05, 3.63) is 24.3 Å². The fraction of sp³-hybridized carbons (Fsp3) is 0.500. The van der Waals surface area contributed by atoms with Crippen LogP contribution in [0.4, 0.5) is 4.39 Å². The maximum atomic E-state index is 12.9. The molecule has 0 radical (unpaired) electrons. The number of hydrogen-bond acceptors (Lipinski definition) is 4. The minimum atomic E-state index is -3.88. The molecule has 0 aromatic carbocycles. The van der Waals surface area contributed by atoms with Gasteiger partial charge in [-0.25, -0.2) is 17.5 Å². The van der Waals surface area contributed by atoms with Gasteiger partial charge < -0.3 is 5.11 Å². The minimum absolute atomic E-state index is 0.259. The van der Waals surface area contributed by atoms with Crippen LogP contribution in [-0.2, 0) is 10.0 Å². The van der Waals surface area contributed by atoms with E-state index in [1.165, 1.54) is 0 Å². The molecule has 1 rings (SSSR count). The van der Waals surface area contributed by atoms with E-state index < -0.39 is 21.4 Å². The lowest BCUT2D eigenvalue weighted by Gasteiger charge is -2.26. The molecule has 0 aliphatic heterocycles. The molecule has 17 heavy (non-hydrogen) atoms. The molecule has 0 saturated carbocycles. The molecule has 0 bridgehead atoms. The molecular formula is C10H15FN2O3S. The van der Waals surface area contributed by atoms with Crippen molar-refractivity contribution in [2.45, 2.75) is 30.7 Å². The second kappa shape index (κ2) is 5.07. The number of aliphatic hydroxyl groups excluding tert-OH is 1. The summed E-state index contributed by atoms with van der Waals surface area (Å²) in [6.45, 7) is 2.96. The van der Waals surface area contributed by atoms with E-state index in [1.54, 1.807) is 13.8 Å². The zero-order valence-electron chi connectivity index (χ0n) is 9.64. The highest BCUT2D eigenvalue weighted by Crippen LogP contribution is 2.15. The third-order valence-electron chi connectivity index (χ3n) is 2.50. The minimum Gasteiger partial charge on any atom is -0.394 e. The van der Waals surface area contributed by atoms with Crippen LogP contribution in [0.15, 0.2) is 23.4 Å². The summed E-state index contributed by atoms with van der Waals surface area (Å²) in [4.78, 5) is 3.22. The van der Waals surface area contributed by atoms with E-state index in [-0.39, 0.29) is 11.5 Å². The van der Waals surface area contributed by atoms with Gasteiger partial charge in [0.25, 0.3) is 0 Å². The number of nitrogens with one attached hydrogen (secondary N) is 1. The highest BCUT2D eigenvalue weighted by atomic mass is 32.2. The normalized spacial score (nSPS) is 15.5. The largest absolute Gasteiger partial charge is 0.394 e. The van der Waals surface area contributed by atoms with Crippen molar-refractivity contribution >= 4 is 10.0 Å². The van der Waals surface area contributed by atoms with Gasteiger partial charge in [-0.3, -0.25) is 4.98 Å². The van der Waals surface area contributed by atoms with Crippen molar-refractivity contribution in [1.29, 1.82) is 0 Å². The van der Waals surface area contributed by atoms with E-state index in [9.17, 15) is 12.8 Å². The molecule has 0 spiro atoms. The van der Waals surface area contributed by atoms with Gasteiger partial charge in [0, 0.05) is 6.20 Å². The van der Waals surface area contributed by atoms with E-state index >= 15 is 0 Å². The van der Waals surface area contributed by atoms with Crippen LogP contribution < -0.4 is 4.72 Å². The highest BCUT2D eigenvalue weighted by Gasteiger charge is 2.28. The first-order valence-corrected chi connectivity index (χ1v) is 6.57. The van der Waals surface area contributed by atoms with Gasteiger partial charge in [-0.05, 0) is 19.4 Å². The average molecular weight is 262 g/mol. The van der Waals surface area contributed by atoms with Gasteiger partial charge in [-0.15, -0.1) is 0 Å². The standard InChI is InChI=1S/C10H15FN2O3S/c1-3-10(2,7-14)13-17(15,16)9-4-8(11)5-12-6-9/h4-6,13-14H,3,7H2,1-2H3. The van der Waals surface area contributed by atoms with Crippen LogP contribution in [0.3, 0.4) is 0 Å². The summed E-state index contributed by atoms with van der Waals surface area (Å²) in [6, 6.07) is 0.878. The molecule has 2 N–H and O–H groups in total. The van der Waals surface area contributed by atoms with Gasteiger partial charge in [0.1, 0.15) is 10.7 Å². The lowest BCUT2D eigenvalue weighted by molar-refractivity contribution is 0.191. The number of sulfonamides is 1. The Morgan fingerprint density at radius 3 is 2.65 bits per heavy atom. The predicted molar refractivity (Wildman–Crippen MR) is 60.3 cm³/mol. The van der Waals surface area contributed by atoms with Crippen LogP contribution in [0.25, 0.3) is 0 Å². The van der Waals surface area contributed by atoms with Crippen LogP contribution in [0, 0.1) is 5.82 Å². The molecule has 0 aliphatic carbocycles. The van der Waals surface area contributed by atoms with Crippen molar-refractivity contribution in [3.63, 3.8) is 0 Å². The first kappa shape index (κ1) is 14.0. The van der Waals surface area contributed by atoms with Crippen molar-refractivity contribution in [2.24, 2.45) is 0 Å². The number of rotatable bonds is 5. The SMILES string of the molecule is CCC(C)(CO)NS(=O)(=O)c1cncc(F)c1. The van der Waals surface area contributed by atoms with Gasteiger partial charge in [-0.2, -0.15) is 0 Å². The van der Waals surface area contributed by atoms with Crippen LogP contribution in [0.2, 0.25) is 0 Å². The molecule has 7 heteroatoms. The van der Waals surface area contributed by atoms with Crippen LogP contribution >= 0.6 is 0 Å². The van der Waals surface area contributed by atoms with Crippen molar-refractivity contribution in [1.82, 2.24) is 9.71 Å². The smallest absolute Gasteiger partial charge is 0.242 e. The maximum absolute atomic E-state index is 12.9. The summed E-state index contributed by atoms with van der Waals surface area (Å²) in [5.74, 6) is -0.727. The zero-order valence-corrected chi connectivity index (χ0v) is 10.5. The monoisotopic (exact) mass is 262 g/mol. The van der Waals surface area contributed by atoms with Gasteiger partial charge in [0.05, 0.1) is 18.3 Å². The zero-order chi connectivity index (χ0) is 13.1. The molecule has 1 atom stereocenters. The molecule has 96 valence electrons. The number of hydrogen-bond donors (Lipinski definition) is 2. The lowest BCUT2D eigenvalue weighted by Crippen LogP contribution is -2.48. The third kappa shape index (κ3) is 3.45. The van der Waals surface area contributed by atoms with E-state index in [4.69, 9.17) is 5.11 Å². The highest BCUT2D eigenvalue weighted by molar-refractivity contribution is 7.89. The Bertz CT molecular complexity index is 486. The quantitative estimate of drug-likeness (QED) is 0.817. The summed E-state index contributed by atoms with van der Waals surface area (Å²) >= 11 is 0. The van der Waals surface area contributed by atoms with Crippen LogP contribution in [0.5, 0.6) is 0 Å². The molecule has 1 aromatic heterocycles. The number of pyridine rings is 1. The number of halogens is 1. The lowest BCUT2D eigenvalue weighted by atomic mass is 10.0. The summed E-state index contributed by atoms with van der Waals surface area (Å²) in [5.41, 5.74) is -0.967. The molecule has 0 fully saturated rings. The van der Waals surface area contributed by atoms with Crippen molar-refractivity contribution in [2.75, 3.05) is 6.61 Å². The summed E-state index contributed by atoms with van der Waals surface area (Å²) in [5, 5.41) is 9.13. The fourth-order valence-electron chi connectivity index (χ4n) is 1.14. The topological polar surface area (TPSA) is 79.3 Å². The second-order valence-corrected chi connectivity index (χ2v) is 5.70. The van der Waals surface area contributed by atoms with E-state index in [0.29, 0.717) is 6.42 Å². The first-order chi connectivity index (χ1) is 7.83. The fourth-order valence-corrected chi connectivity index (χ4v) is 2.58. The Balaban J connectivity index is 3.05. The Morgan fingerprint density at radius 1 is 1.53 bits per heavy atom. The summed E-state index contributed by atoms with van der Waals surface area (Å²) in [6.07, 6.45) is 2.38. The van der Waals surface area contributed by atoms with Gasteiger partial charge in [0.2, 0.25) is 10.0 Å². The molecule has 0 saturated heterocycles. The summed E-state index contributed by atoms with van der Waals surface area (Å²) in [7, 11) is -3.88. The number of nitrogens with zero attached hydrogens (tertiary/aromatic N) is 1. The molecule has 1 unspecified atom stereocenters. The van der Waals surface area contributed by atoms with Crippen molar-refractivity contribution < 1.29 is 17.9 Å². The maximum Gasteiger partial charge on any atom is 0.242 e. The van der Waals surface area contributed by atoms with Gasteiger partial charge in [-0.1, -0.05) is 6.92 Å². The molecule has 1 heterocycles. The Hall–Kier alpha value is -1.05. The molecule has 1 aromatic rings. The number of aliphatic hydroxyl groups is 1. The third-order valence-corrected chi connectivity index (χ3v) is 4.11. The molecule has 0 aliphatic rings. The summed E-state index contributed by atoms with van der Waals surface area (Å²) < 4.78 is 39.0. The number of aromatic nitrogens is 1. The molecular weight excluding hydrogens is 247 g/mol. The molecule has 0 amide bonds. The molecule has 5 nitrogen and oxygen atoms in total. The van der Waals surface area contributed by atoms with E-state index in [1.807, 2.05) is 0 Å². The average Bonchev–Trinajstić information content (AvgIpc) is 2.28. The van der Waals surface area contributed by atoms with Gasteiger partial charge >= 0.3 is 0 Å². The Labute approximate surface area is 99.7 Å². The van der Waals surface area contributed by atoms with E-state index in [2.05, 4.69) is 9.71 Å². The van der Waals surface area contributed by atoms with E-state index in [0.717, 1.165) is 18.5 Å². The predicted octanol–water partition coefficient (Wildman–Crippen LogP) is 0.660. The first-order valence-electron chi connectivity index (χ1n) is 5.08. The second-order valence-electron chi connectivity index (χ2n) is 4.02. The Kier molecular flexibility index (Phi) is 4.18. The van der Waals surface area contributed by atoms with Gasteiger partial charge in [0.15, 0.2) is 0 Å². The van der Waals surface area contributed by atoms with Crippen LogP contribution in [0.1, 0.15) is 20.3 Å².